The van der Waals surface area contributed by atoms with Gasteiger partial charge in [0.25, 0.3) is 0 Å². The first kappa shape index (κ1) is 13.3. The predicted octanol–water partition coefficient (Wildman–Crippen LogP) is 1.98. The lowest BCUT2D eigenvalue weighted by Crippen LogP contribution is -2.48. The van der Waals surface area contributed by atoms with Crippen molar-refractivity contribution in [2.24, 2.45) is 11.7 Å². The number of nitrogens with zero attached hydrogens (tertiary/aromatic N) is 1. The number of ether oxygens (including phenoxy) is 1. The van der Waals surface area contributed by atoms with Crippen molar-refractivity contribution >= 4 is 6.09 Å². The van der Waals surface area contributed by atoms with Crippen LogP contribution in [-0.4, -0.2) is 35.7 Å². The van der Waals surface area contributed by atoms with Crippen molar-refractivity contribution in [2.75, 3.05) is 13.1 Å². The van der Waals surface area contributed by atoms with E-state index in [9.17, 15) is 4.79 Å². The number of rotatable bonds is 1. The lowest BCUT2D eigenvalue weighted by molar-refractivity contribution is 0.00600. The van der Waals surface area contributed by atoms with E-state index in [4.69, 9.17) is 10.5 Å². The molecular formula is C12H24N2O2. The molecule has 1 aliphatic rings. The maximum Gasteiger partial charge on any atom is 0.410 e. The molecule has 1 aliphatic heterocycles. The molecule has 0 spiro atoms. The largest absolute Gasteiger partial charge is 0.444 e. The number of nitrogens with two attached hydrogens (primary N) is 1. The van der Waals surface area contributed by atoms with E-state index in [2.05, 4.69) is 6.92 Å². The van der Waals surface area contributed by atoms with Gasteiger partial charge in [0.05, 0.1) is 0 Å². The minimum atomic E-state index is -0.424. The summed E-state index contributed by atoms with van der Waals surface area (Å²) in [5, 5.41) is 0. The minimum Gasteiger partial charge on any atom is -0.444 e. The number of carbonyl (C=O) groups is 1. The molecule has 4 nitrogen and oxygen atoms in total. The van der Waals surface area contributed by atoms with Crippen molar-refractivity contribution in [2.45, 2.75) is 52.2 Å². The van der Waals surface area contributed by atoms with Gasteiger partial charge in [0.15, 0.2) is 0 Å². The van der Waals surface area contributed by atoms with E-state index in [0.29, 0.717) is 12.5 Å². The maximum absolute atomic E-state index is 11.9. The van der Waals surface area contributed by atoms with Crippen LogP contribution in [0, 0.1) is 5.92 Å². The third-order valence-corrected chi connectivity index (χ3v) is 2.94. The van der Waals surface area contributed by atoms with Crippen LogP contribution in [0.25, 0.3) is 0 Å². The highest BCUT2D eigenvalue weighted by Crippen LogP contribution is 2.23. The maximum atomic E-state index is 11.9. The fraction of sp³-hybridized carbons (Fsp3) is 0.917. The number of amides is 1. The van der Waals surface area contributed by atoms with Crippen molar-refractivity contribution in [1.82, 2.24) is 4.90 Å². The van der Waals surface area contributed by atoms with Crippen LogP contribution in [0.3, 0.4) is 0 Å². The molecular weight excluding hydrogens is 204 g/mol. The summed E-state index contributed by atoms with van der Waals surface area (Å²) in [6.45, 7) is 9.11. The molecule has 4 heteroatoms. The summed E-state index contributed by atoms with van der Waals surface area (Å²) in [6, 6.07) is 0.262. The second kappa shape index (κ2) is 5.04. The molecule has 2 atom stereocenters. The molecule has 0 aromatic rings. The Hall–Kier alpha value is -0.770. The number of carbonyl (C=O) groups excluding carboxylic acids is 1. The smallest absolute Gasteiger partial charge is 0.410 e. The fourth-order valence-electron chi connectivity index (χ4n) is 1.95. The SMILES string of the molecule is C[C@H]1CC[C@H](CN)CN1C(=O)OC(C)(C)C. The van der Waals surface area contributed by atoms with Crippen LogP contribution in [0.1, 0.15) is 40.5 Å². The summed E-state index contributed by atoms with van der Waals surface area (Å²) in [5.41, 5.74) is 5.24. The fourth-order valence-corrected chi connectivity index (χ4v) is 1.95. The number of hydrogen-bond acceptors (Lipinski definition) is 3. The Balaban J connectivity index is 2.59. The highest BCUT2D eigenvalue weighted by Gasteiger charge is 2.31. The highest BCUT2D eigenvalue weighted by molar-refractivity contribution is 5.68. The Morgan fingerprint density at radius 2 is 2.06 bits per heavy atom. The molecule has 16 heavy (non-hydrogen) atoms. The molecule has 0 aromatic heterocycles. The van der Waals surface area contributed by atoms with Gasteiger partial charge in [0, 0.05) is 12.6 Å². The Kier molecular flexibility index (Phi) is 4.19. The summed E-state index contributed by atoms with van der Waals surface area (Å²) in [6.07, 6.45) is 1.91. The van der Waals surface area contributed by atoms with Crippen LogP contribution >= 0.6 is 0 Å². The summed E-state index contributed by atoms with van der Waals surface area (Å²) < 4.78 is 5.39. The summed E-state index contributed by atoms with van der Waals surface area (Å²) in [5.74, 6) is 0.420. The molecule has 1 fully saturated rings. The van der Waals surface area contributed by atoms with Crippen molar-refractivity contribution in [3.63, 3.8) is 0 Å². The molecule has 0 radical (unpaired) electrons. The van der Waals surface area contributed by atoms with Gasteiger partial charge in [-0.1, -0.05) is 0 Å². The first-order chi connectivity index (χ1) is 7.33. The zero-order valence-corrected chi connectivity index (χ0v) is 10.8. The molecule has 1 heterocycles. The van der Waals surface area contributed by atoms with Gasteiger partial charge in [-0.25, -0.2) is 4.79 Å². The van der Waals surface area contributed by atoms with Gasteiger partial charge in [-0.2, -0.15) is 0 Å². The predicted molar refractivity (Wildman–Crippen MR) is 64.2 cm³/mol. The van der Waals surface area contributed by atoms with E-state index in [-0.39, 0.29) is 12.1 Å². The third-order valence-electron chi connectivity index (χ3n) is 2.94. The summed E-state index contributed by atoms with van der Waals surface area (Å²) >= 11 is 0. The molecule has 1 rings (SSSR count). The summed E-state index contributed by atoms with van der Waals surface area (Å²) in [7, 11) is 0. The van der Waals surface area contributed by atoms with E-state index in [1.54, 1.807) is 0 Å². The average Bonchev–Trinajstić information content (AvgIpc) is 2.15. The zero-order chi connectivity index (χ0) is 12.3. The second-order valence-electron chi connectivity index (χ2n) is 5.66. The van der Waals surface area contributed by atoms with Gasteiger partial charge in [0.2, 0.25) is 0 Å². The lowest BCUT2D eigenvalue weighted by atomic mass is 9.94. The quantitative estimate of drug-likeness (QED) is 0.746. The van der Waals surface area contributed by atoms with E-state index in [1.807, 2.05) is 25.7 Å². The number of piperidine rings is 1. The van der Waals surface area contributed by atoms with Crippen LogP contribution in [0.2, 0.25) is 0 Å². The second-order valence-corrected chi connectivity index (χ2v) is 5.66. The molecule has 94 valence electrons. The van der Waals surface area contributed by atoms with Crippen LogP contribution in [0.5, 0.6) is 0 Å². The Morgan fingerprint density at radius 3 is 2.56 bits per heavy atom. The molecule has 0 saturated carbocycles. The first-order valence-electron chi connectivity index (χ1n) is 6.03. The van der Waals surface area contributed by atoms with Crippen molar-refractivity contribution in [3.8, 4) is 0 Å². The minimum absolute atomic E-state index is 0.210. The Bertz CT molecular complexity index is 248. The van der Waals surface area contributed by atoms with E-state index < -0.39 is 5.60 Å². The monoisotopic (exact) mass is 228 g/mol. The standard InChI is InChI=1S/C12H24N2O2/c1-9-5-6-10(7-13)8-14(9)11(15)16-12(2,3)4/h9-10H,5-8,13H2,1-4H3/t9-,10+/m0/s1. The van der Waals surface area contributed by atoms with Gasteiger partial charge in [-0.3, -0.25) is 0 Å². The normalized spacial score (nSPS) is 26.7. The van der Waals surface area contributed by atoms with Crippen LogP contribution in [0.15, 0.2) is 0 Å². The van der Waals surface area contributed by atoms with E-state index in [1.165, 1.54) is 0 Å². The van der Waals surface area contributed by atoms with Gasteiger partial charge < -0.3 is 15.4 Å². The molecule has 1 saturated heterocycles. The van der Waals surface area contributed by atoms with Gasteiger partial charge in [-0.15, -0.1) is 0 Å². The average molecular weight is 228 g/mol. The van der Waals surface area contributed by atoms with Gasteiger partial charge in [-0.05, 0) is 53.0 Å². The van der Waals surface area contributed by atoms with E-state index in [0.717, 1.165) is 19.4 Å². The van der Waals surface area contributed by atoms with Crippen molar-refractivity contribution < 1.29 is 9.53 Å². The third kappa shape index (κ3) is 3.67. The molecule has 0 bridgehead atoms. The molecule has 1 amide bonds. The number of likely N-dealkylation sites (tertiary alicyclic amines) is 1. The molecule has 0 aliphatic carbocycles. The van der Waals surface area contributed by atoms with Crippen LogP contribution < -0.4 is 5.73 Å². The molecule has 0 aromatic carbocycles. The number of hydrogen-bond donors (Lipinski definition) is 1. The first-order valence-corrected chi connectivity index (χ1v) is 6.03. The highest BCUT2D eigenvalue weighted by atomic mass is 16.6. The molecule has 0 unspecified atom stereocenters. The van der Waals surface area contributed by atoms with Crippen LogP contribution in [-0.2, 0) is 4.74 Å². The van der Waals surface area contributed by atoms with Gasteiger partial charge in [0.1, 0.15) is 5.60 Å². The topological polar surface area (TPSA) is 55.6 Å². The van der Waals surface area contributed by atoms with E-state index >= 15 is 0 Å². The van der Waals surface area contributed by atoms with Crippen molar-refractivity contribution in [3.05, 3.63) is 0 Å². The Morgan fingerprint density at radius 1 is 1.44 bits per heavy atom. The lowest BCUT2D eigenvalue weighted by Gasteiger charge is -2.38. The zero-order valence-electron chi connectivity index (χ0n) is 10.8. The van der Waals surface area contributed by atoms with Crippen molar-refractivity contribution in [1.29, 1.82) is 0 Å². The Labute approximate surface area is 98.1 Å². The molecule has 2 N–H and O–H groups in total. The van der Waals surface area contributed by atoms with Gasteiger partial charge >= 0.3 is 6.09 Å². The van der Waals surface area contributed by atoms with Crippen LogP contribution in [0.4, 0.5) is 4.79 Å². The summed E-state index contributed by atoms with van der Waals surface area (Å²) in [4.78, 5) is 13.8.